The highest BCUT2D eigenvalue weighted by atomic mass is 16.5. The lowest BCUT2D eigenvalue weighted by atomic mass is 10.4. The average molecular weight is 333 g/mol. The first-order valence-corrected chi connectivity index (χ1v) is 8.11. The number of rotatable bonds is 6. The zero-order valence-corrected chi connectivity index (χ0v) is 14.1. The van der Waals surface area contributed by atoms with Crippen LogP contribution in [0.5, 0.6) is 0 Å². The van der Waals surface area contributed by atoms with E-state index in [1.165, 1.54) is 0 Å². The Labute approximate surface area is 140 Å². The van der Waals surface area contributed by atoms with E-state index in [1.807, 2.05) is 6.20 Å². The molecule has 0 saturated heterocycles. The minimum absolute atomic E-state index is 0.114. The minimum Gasteiger partial charge on any atom is -0.383 e. The second kappa shape index (κ2) is 7.54. The van der Waals surface area contributed by atoms with Crippen LogP contribution in [-0.4, -0.2) is 64.1 Å². The molecule has 1 aliphatic heterocycles. The molecular formula is C15H23N7O2. The van der Waals surface area contributed by atoms with E-state index in [4.69, 9.17) is 9.72 Å². The van der Waals surface area contributed by atoms with Crippen molar-refractivity contribution >= 4 is 5.91 Å². The van der Waals surface area contributed by atoms with Crippen LogP contribution >= 0.6 is 0 Å². The Kier molecular flexibility index (Phi) is 5.21. The Morgan fingerprint density at radius 3 is 3.08 bits per heavy atom. The Bertz CT molecular complexity index is 683. The zero-order chi connectivity index (χ0) is 16.9. The quantitative estimate of drug-likeness (QED) is 0.720. The van der Waals surface area contributed by atoms with Gasteiger partial charge in [-0.3, -0.25) is 4.79 Å². The van der Waals surface area contributed by atoms with Gasteiger partial charge in [0.1, 0.15) is 11.5 Å². The number of amides is 1. The maximum absolute atomic E-state index is 11.6. The number of aromatic nitrogens is 5. The summed E-state index contributed by atoms with van der Waals surface area (Å²) in [5, 5.41) is 10.4. The van der Waals surface area contributed by atoms with Crippen molar-refractivity contribution < 1.29 is 9.53 Å². The Morgan fingerprint density at radius 2 is 2.29 bits per heavy atom. The fourth-order valence-electron chi connectivity index (χ4n) is 2.70. The van der Waals surface area contributed by atoms with Crippen molar-refractivity contribution in [3.8, 4) is 11.5 Å². The number of ether oxygens (including phenoxy) is 1. The highest BCUT2D eigenvalue weighted by Gasteiger charge is 2.19. The van der Waals surface area contributed by atoms with E-state index in [2.05, 4.69) is 25.3 Å². The normalized spacial score (nSPS) is 14.2. The lowest BCUT2D eigenvalue weighted by Gasteiger charge is -2.03. The van der Waals surface area contributed by atoms with Crippen molar-refractivity contribution in [3.05, 3.63) is 17.8 Å². The van der Waals surface area contributed by atoms with E-state index in [0.717, 1.165) is 37.6 Å². The molecule has 1 amide bonds. The molecule has 3 heterocycles. The van der Waals surface area contributed by atoms with Crippen molar-refractivity contribution in [3.63, 3.8) is 0 Å². The number of nitrogens with zero attached hydrogens (tertiary/aromatic N) is 5. The number of carbonyl (C=O) groups excluding carboxylic acids is 1. The van der Waals surface area contributed by atoms with Crippen LogP contribution < -0.4 is 10.6 Å². The second-order valence-corrected chi connectivity index (χ2v) is 5.65. The molecule has 130 valence electrons. The molecule has 1 aliphatic rings. The van der Waals surface area contributed by atoms with Gasteiger partial charge in [0.15, 0.2) is 11.6 Å². The molecule has 0 radical (unpaired) electrons. The highest BCUT2D eigenvalue weighted by Crippen LogP contribution is 2.18. The number of likely N-dealkylation sites (N-methyl/N-ethyl adjacent to an activating group) is 1. The summed E-state index contributed by atoms with van der Waals surface area (Å²) in [7, 11) is 3.25. The first kappa shape index (κ1) is 16.6. The van der Waals surface area contributed by atoms with Crippen LogP contribution in [-0.2, 0) is 35.5 Å². The molecule has 9 nitrogen and oxygen atoms in total. The lowest BCUT2D eigenvalue weighted by molar-refractivity contribution is -0.120. The molecule has 0 saturated carbocycles. The number of imidazole rings is 1. The van der Waals surface area contributed by atoms with E-state index in [-0.39, 0.29) is 12.3 Å². The molecule has 9 heteroatoms. The molecule has 2 aromatic heterocycles. The van der Waals surface area contributed by atoms with Crippen LogP contribution in [0.3, 0.4) is 0 Å². The summed E-state index contributed by atoms with van der Waals surface area (Å²) in [6, 6.07) is 0. The predicted molar refractivity (Wildman–Crippen MR) is 87.5 cm³/mol. The fraction of sp³-hybridized carbons (Fsp3) is 0.600. The van der Waals surface area contributed by atoms with Gasteiger partial charge in [0.05, 0.1) is 19.6 Å². The Morgan fingerprint density at radius 1 is 1.42 bits per heavy atom. The molecule has 0 spiro atoms. The smallest absolute Gasteiger partial charge is 0.227 e. The van der Waals surface area contributed by atoms with Crippen LogP contribution in [0.4, 0.5) is 0 Å². The van der Waals surface area contributed by atoms with E-state index >= 15 is 0 Å². The van der Waals surface area contributed by atoms with Crippen LogP contribution in [0.25, 0.3) is 11.5 Å². The molecule has 2 N–H and O–H groups in total. The van der Waals surface area contributed by atoms with Crippen molar-refractivity contribution in [2.75, 3.05) is 33.9 Å². The van der Waals surface area contributed by atoms with Gasteiger partial charge < -0.3 is 19.9 Å². The van der Waals surface area contributed by atoms with Gasteiger partial charge in [-0.15, -0.1) is 0 Å². The largest absolute Gasteiger partial charge is 0.383 e. The Balaban J connectivity index is 1.91. The summed E-state index contributed by atoms with van der Waals surface area (Å²) in [6.07, 6.45) is 3.05. The first-order chi connectivity index (χ1) is 11.7. The van der Waals surface area contributed by atoms with E-state index in [0.29, 0.717) is 24.8 Å². The van der Waals surface area contributed by atoms with Gasteiger partial charge >= 0.3 is 0 Å². The molecule has 2 aromatic rings. The molecule has 0 aliphatic carbocycles. The summed E-state index contributed by atoms with van der Waals surface area (Å²) in [5.74, 6) is 2.10. The molecule has 0 fully saturated rings. The van der Waals surface area contributed by atoms with Gasteiger partial charge in [-0.05, 0) is 0 Å². The highest BCUT2D eigenvalue weighted by molar-refractivity contribution is 5.77. The molecule has 0 unspecified atom stereocenters. The first-order valence-electron chi connectivity index (χ1n) is 8.11. The third-order valence-corrected chi connectivity index (χ3v) is 3.96. The summed E-state index contributed by atoms with van der Waals surface area (Å²) < 4.78 is 9.07. The molecule has 0 aromatic carbocycles. The average Bonchev–Trinajstić information content (AvgIpc) is 3.10. The monoisotopic (exact) mass is 333 g/mol. The zero-order valence-electron chi connectivity index (χ0n) is 14.1. The fourth-order valence-corrected chi connectivity index (χ4v) is 2.70. The summed E-state index contributed by atoms with van der Waals surface area (Å²) in [6.45, 7) is 3.83. The van der Waals surface area contributed by atoms with Gasteiger partial charge in [-0.1, -0.05) is 0 Å². The van der Waals surface area contributed by atoms with Crippen molar-refractivity contribution in [1.29, 1.82) is 0 Å². The topological polar surface area (TPSA) is 98.9 Å². The van der Waals surface area contributed by atoms with E-state index < -0.39 is 0 Å². The molecular weight excluding hydrogens is 310 g/mol. The predicted octanol–water partition coefficient (Wildman–Crippen LogP) is -0.778. The number of carbonyl (C=O) groups is 1. The number of methoxy groups -OCH3 is 1. The van der Waals surface area contributed by atoms with Crippen LogP contribution in [0, 0.1) is 0 Å². The van der Waals surface area contributed by atoms with E-state index in [1.54, 1.807) is 18.8 Å². The van der Waals surface area contributed by atoms with E-state index in [9.17, 15) is 4.79 Å². The maximum atomic E-state index is 11.6. The molecule has 3 rings (SSSR count). The van der Waals surface area contributed by atoms with Crippen molar-refractivity contribution in [2.45, 2.75) is 25.9 Å². The summed E-state index contributed by atoms with van der Waals surface area (Å²) >= 11 is 0. The standard InChI is InChI=1S/C15H23N7O2/c1-16-14(23)9-12-19-15(22(20-12)7-8-24-2)11-10-21-6-5-17-4-3-13(21)18-11/h10,17H,3-9H2,1-2H3,(H,16,23). The van der Waals surface area contributed by atoms with Crippen LogP contribution in [0.15, 0.2) is 6.20 Å². The molecule has 0 bridgehead atoms. The second-order valence-electron chi connectivity index (χ2n) is 5.65. The molecule has 24 heavy (non-hydrogen) atoms. The van der Waals surface area contributed by atoms with Gasteiger partial charge in [-0.25, -0.2) is 14.6 Å². The lowest BCUT2D eigenvalue weighted by Crippen LogP contribution is -2.20. The number of hydrogen-bond acceptors (Lipinski definition) is 6. The SMILES string of the molecule is CNC(=O)Cc1nc(-c2cn3c(n2)CCNCC3)n(CCOC)n1. The van der Waals surface area contributed by atoms with Gasteiger partial charge in [0.2, 0.25) is 5.91 Å². The molecule has 0 atom stereocenters. The minimum atomic E-state index is -0.114. The third-order valence-electron chi connectivity index (χ3n) is 3.96. The third kappa shape index (κ3) is 3.62. The van der Waals surface area contributed by atoms with Crippen LogP contribution in [0.1, 0.15) is 11.6 Å². The van der Waals surface area contributed by atoms with Crippen molar-refractivity contribution in [1.82, 2.24) is 34.9 Å². The van der Waals surface area contributed by atoms with Crippen LogP contribution in [0.2, 0.25) is 0 Å². The van der Waals surface area contributed by atoms with Gasteiger partial charge in [0.25, 0.3) is 0 Å². The maximum Gasteiger partial charge on any atom is 0.227 e. The summed E-state index contributed by atoms with van der Waals surface area (Å²) in [4.78, 5) is 20.9. The Hall–Kier alpha value is -2.26. The summed E-state index contributed by atoms with van der Waals surface area (Å²) in [5.41, 5.74) is 0.790. The van der Waals surface area contributed by atoms with Gasteiger partial charge in [0, 0.05) is 46.4 Å². The number of fused-ring (bicyclic) bond motifs is 1. The number of nitrogens with one attached hydrogen (secondary N) is 2. The number of hydrogen-bond donors (Lipinski definition) is 2. The van der Waals surface area contributed by atoms with Crippen molar-refractivity contribution in [2.24, 2.45) is 0 Å². The van der Waals surface area contributed by atoms with Gasteiger partial charge in [-0.2, -0.15) is 5.10 Å².